The average Bonchev–Trinajstić information content (AvgIpc) is 3.30. The molecule has 1 unspecified atom stereocenters. The van der Waals surface area contributed by atoms with Crippen LogP contribution in [-0.2, 0) is 0 Å². The highest BCUT2D eigenvalue weighted by Crippen LogP contribution is 2.22. The van der Waals surface area contributed by atoms with Crippen LogP contribution in [0.1, 0.15) is 22.5 Å². The first kappa shape index (κ1) is 22.8. The maximum absolute atomic E-state index is 12.7. The van der Waals surface area contributed by atoms with E-state index in [1.807, 2.05) is 79.7 Å². The zero-order valence-electron chi connectivity index (χ0n) is 19.8. The van der Waals surface area contributed by atoms with E-state index in [1.165, 1.54) is 0 Å². The lowest BCUT2D eigenvalue weighted by atomic mass is 10.1. The van der Waals surface area contributed by atoms with Crippen molar-refractivity contribution in [2.45, 2.75) is 19.4 Å². The van der Waals surface area contributed by atoms with Gasteiger partial charge in [-0.2, -0.15) is 0 Å². The van der Waals surface area contributed by atoms with E-state index in [4.69, 9.17) is 0 Å². The number of aromatic nitrogens is 1. The van der Waals surface area contributed by atoms with Crippen LogP contribution in [0.4, 0.5) is 10.5 Å². The number of anilines is 1. The van der Waals surface area contributed by atoms with Crippen LogP contribution >= 0.6 is 0 Å². The number of nitrogens with zero attached hydrogens (tertiary/aromatic N) is 2. The molecule has 7 nitrogen and oxygen atoms in total. The summed E-state index contributed by atoms with van der Waals surface area (Å²) in [6, 6.07) is 23.3. The molecule has 0 spiro atoms. The molecule has 0 bridgehead atoms. The minimum absolute atomic E-state index is 0.0417. The molecular weight excluding hydrogens is 438 g/mol. The Labute approximate surface area is 204 Å². The molecule has 178 valence electrons. The van der Waals surface area contributed by atoms with Crippen molar-refractivity contribution in [1.29, 1.82) is 0 Å². The quantitative estimate of drug-likeness (QED) is 0.394. The van der Waals surface area contributed by atoms with E-state index in [0.29, 0.717) is 12.1 Å². The number of benzene rings is 3. The van der Waals surface area contributed by atoms with Gasteiger partial charge in [0.2, 0.25) is 0 Å². The number of hydrogen-bond acceptors (Lipinski definition) is 4. The Hall–Kier alpha value is -3.97. The second kappa shape index (κ2) is 10.1. The van der Waals surface area contributed by atoms with E-state index in [9.17, 15) is 9.59 Å². The SMILES string of the molecule is Cc1cc(NC(=O)NCCN2CCC(NC(=O)c3ccc4ccccc4c3)C2)c2ccccc2n1. The van der Waals surface area contributed by atoms with Crippen molar-refractivity contribution in [2.75, 3.05) is 31.5 Å². The number of carbonyl (C=O) groups excluding carboxylic acids is 2. The summed E-state index contributed by atoms with van der Waals surface area (Å²) >= 11 is 0. The maximum Gasteiger partial charge on any atom is 0.319 e. The number of urea groups is 1. The zero-order chi connectivity index (χ0) is 24.2. The van der Waals surface area contributed by atoms with Crippen molar-refractivity contribution in [2.24, 2.45) is 0 Å². The van der Waals surface area contributed by atoms with Gasteiger partial charge in [0.1, 0.15) is 0 Å². The molecule has 5 rings (SSSR count). The Morgan fingerprint density at radius 1 is 1.00 bits per heavy atom. The van der Waals surface area contributed by atoms with Gasteiger partial charge >= 0.3 is 6.03 Å². The monoisotopic (exact) mass is 467 g/mol. The first-order valence-electron chi connectivity index (χ1n) is 12.0. The standard InChI is InChI=1S/C28H29N5O2/c1-19-16-26(24-8-4-5-9-25(24)30-19)32-28(35)29-13-15-33-14-12-23(18-33)31-27(34)22-11-10-20-6-2-3-7-21(20)17-22/h2-11,16-17,23H,12-15,18H2,1H3,(H,31,34)(H2,29,30,32,35). The molecule has 4 aromatic rings. The van der Waals surface area contributed by atoms with Gasteiger partial charge in [-0.3, -0.25) is 14.7 Å². The average molecular weight is 468 g/mol. The molecule has 1 atom stereocenters. The number of rotatable bonds is 6. The Balaban J connectivity index is 1.09. The van der Waals surface area contributed by atoms with Gasteiger partial charge in [-0.1, -0.05) is 48.5 Å². The lowest BCUT2D eigenvalue weighted by Gasteiger charge is -2.17. The second-order valence-electron chi connectivity index (χ2n) is 9.03. The molecule has 3 N–H and O–H groups in total. The van der Waals surface area contributed by atoms with Gasteiger partial charge in [0.15, 0.2) is 0 Å². The Morgan fingerprint density at radius 3 is 2.69 bits per heavy atom. The highest BCUT2D eigenvalue weighted by molar-refractivity contribution is 6.00. The summed E-state index contributed by atoms with van der Waals surface area (Å²) < 4.78 is 0. The van der Waals surface area contributed by atoms with Crippen molar-refractivity contribution in [3.8, 4) is 0 Å². The molecule has 1 aromatic heterocycles. The molecule has 1 fully saturated rings. The van der Waals surface area contributed by atoms with E-state index in [2.05, 4.69) is 25.8 Å². The van der Waals surface area contributed by atoms with E-state index < -0.39 is 0 Å². The largest absolute Gasteiger partial charge is 0.348 e. The minimum Gasteiger partial charge on any atom is -0.348 e. The third-order valence-electron chi connectivity index (χ3n) is 6.43. The van der Waals surface area contributed by atoms with Gasteiger partial charge in [-0.15, -0.1) is 0 Å². The number of para-hydroxylation sites is 1. The van der Waals surface area contributed by atoms with Gasteiger partial charge in [-0.05, 0) is 48.4 Å². The van der Waals surface area contributed by atoms with Crippen LogP contribution in [-0.4, -0.2) is 54.0 Å². The Bertz CT molecular complexity index is 1390. The number of carbonyl (C=O) groups is 2. The van der Waals surface area contributed by atoms with Gasteiger partial charge in [0, 0.05) is 48.9 Å². The predicted octanol–water partition coefficient (Wildman–Crippen LogP) is 4.32. The third kappa shape index (κ3) is 5.41. The first-order chi connectivity index (χ1) is 17.0. The van der Waals surface area contributed by atoms with Gasteiger partial charge in [-0.25, -0.2) is 4.79 Å². The van der Waals surface area contributed by atoms with Crippen molar-refractivity contribution in [3.05, 3.63) is 84.1 Å². The normalized spacial score (nSPS) is 15.9. The Morgan fingerprint density at radius 2 is 1.80 bits per heavy atom. The summed E-state index contributed by atoms with van der Waals surface area (Å²) in [5.41, 5.74) is 3.15. The molecule has 1 saturated heterocycles. The fourth-order valence-corrected chi connectivity index (χ4v) is 4.66. The number of likely N-dealkylation sites (tertiary alicyclic amines) is 1. The fraction of sp³-hybridized carbons (Fsp3) is 0.250. The number of fused-ring (bicyclic) bond motifs is 2. The van der Waals surface area contributed by atoms with Crippen molar-refractivity contribution in [1.82, 2.24) is 20.5 Å². The van der Waals surface area contributed by atoms with Crippen LogP contribution in [0.3, 0.4) is 0 Å². The predicted molar refractivity (Wildman–Crippen MR) is 140 cm³/mol. The lowest BCUT2D eigenvalue weighted by Crippen LogP contribution is -2.39. The number of amides is 3. The molecule has 0 aliphatic carbocycles. The summed E-state index contributed by atoms with van der Waals surface area (Å²) in [5.74, 6) is -0.0417. The topological polar surface area (TPSA) is 86.4 Å². The van der Waals surface area contributed by atoms with Crippen LogP contribution in [0.5, 0.6) is 0 Å². The molecular formula is C28H29N5O2. The van der Waals surface area contributed by atoms with Crippen molar-refractivity contribution < 1.29 is 9.59 Å². The number of pyridine rings is 1. The van der Waals surface area contributed by atoms with Crippen LogP contribution in [0.2, 0.25) is 0 Å². The van der Waals surface area contributed by atoms with Gasteiger partial charge in [0.05, 0.1) is 11.2 Å². The molecule has 7 heteroatoms. The van der Waals surface area contributed by atoms with E-state index in [1.54, 1.807) is 0 Å². The zero-order valence-corrected chi connectivity index (χ0v) is 19.8. The van der Waals surface area contributed by atoms with Crippen LogP contribution in [0.25, 0.3) is 21.7 Å². The highest BCUT2D eigenvalue weighted by Gasteiger charge is 2.24. The number of hydrogen-bond donors (Lipinski definition) is 3. The Kier molecular flexibility index (Phi) is 6.59. The molecule has 2 heterocycles. The summed E-state index contributed by atoms with van der Waals surface area (Å²) in [4.78, 5) is 32.0. The maximum atomic E-state index is 12.7. The van der Waals surface area contributed by atoms with Crippen LogP contribution in [0.15, 0.2) is 72.8 Å². The minimum atomic E-state index is -0.235. The van der Waals surface area contributed by atoms with E-state index >= 15 is 0 Å². The molecule has 0 radical (unpaired) electrons. The summed E-state index contributed by atoms with van der Waals surface area (Å²) in [5, 5.41) is 12.2. The fourth-order valence-electron chi connectivity index (χ4n) is 4.66. The van der Waals surface area contributed by atoms with E-state index in [-0.39, 0.29) is 18.0 Å². The molecule has 1 aliphatic heterocycles. The lowest BCUT2D eigenvalue weighted by molar-refractivity contribution is 0.0938. The van der Waals surface area contributed by atoms with Gasteiger partial charge in [0.25, 0.3) is 5.91 Å². The summed E-state index contributed by atoms with van der Waals surface area (Å²) in [6.07, 6.45) is 0.897. The van der Waals surface area contributed by atoms with Gasteiger partial charge < -0.3 is 16.0 Å². The molecule has 35 heavy (non-hydrogen) atoms. The molecule has 3 amide bonds. The molecule has 1 aliphatic rings. The van der Waals surface area contributed by atoms with Crippen LogP contribution in [0, 0.1) is 6.92 Å². The van der Waals surface area contributed by atoms with Crippen molar-refractivity contribution >= 4 is 39.3 Å². The number of nitrogens with one attached hydrogen (secondary N) is 3. The second-order valence-corrected chi connectivity index (χ2v) is 9.03. The molecule has 0 saturated carbocycles. The highest BCUT2D eigenvalue weighted by atomic mass is 16.2. The van der Waals surface area contributed by atoms with Crippen LogP contribution < -0.4 is 16.0 Å². The summed E-state index contributed by atoms with van der Waals surface area (Å²) in [6.45, 7) is 4.83. The van der Waals surface area contributed by atoms with E-state index in [0.717, 1.165) is 59.1 Å². The number of aryl methyl sites for hydroxylation is 1. The summed E-state index contributed by atoms with van der Waals surface area (Å²) in [7, 11) is 0. The third-order valence-corrected chi connectivity index (χ3v) is 6.43. The molecule has 3 aromatic carbocycles. The van der Waals surface area contributed by atoms with Crippen molar-refractivity contribution in [3.63, 3.8) is 0 Å². The first-order valence-corrected chi connectivity index (χ1v) is 12.0. The smallest absolute Gasteiger partial charge is 0.319 e.